The second-order valence-corrected chi connectivity index (χ2v) is 7.01. The van der Waals surface area contributed by atoms with Crippen LogP contribution >= 0.6 is 0 Å². The average molecular weight is 412 g/mol. The number of fused-ring (bicyclic) bond motifs is 1. The molecule has 0 bridgehead atoms. The largest absolute Gasteiger partial charge is 0.507 e. The lowest BCUT2D eigenvalue weighted by Crippen LogP contribution is -2.20. The van der Waals surface area contributed by atoms with Gasteiger partial charge in [-0.3, -0.25) is 4.79 Å². The molecule has 1 N–H and O–H groups in total. The molecular weight excluding hydrogens is 392 g/mol. The van der Waals surface area contributed by atoms with Crippen LogP contribution in [0, 0.1) is 0 Å². The Balaban J connectivity index is 1.68. The minimum absolute atomic E-state index is 0.00200. The number of hydrogen-bond acceptors (Lipinski definition) is 5. The van der Waals surface area contributed by atoms with Gasteiger partial charge < -0.3 is 14.6 Å². The normalized spacial score (nSPS) is 11.6. The van der Waals surface area contributed by atoms with Gasteiger partial charge in [-0.05, 0) is 47.2 Å². The van der Waals surface area contributed by atoms with Crippen molar-refractivity contribution >= 4 is 22.5 Å². The molecular formula is C26H20O5. The van der Waals surface area contributed by atoms with Crippen molar-refractivity contribution in [3.8, 4) is 11.5 Å². The Labute approximate surface area is 179 Å². The van der Waals surface area contributed by atoms with Crippen LogP contribution in [0.1, 0.15) is 32.4 Å². The highest BCUT2D eigenvalue weighted by molar-refractivity contribution is 6.03. The quantitative estimate of drug-likeness (QED) is 0.342. The molecule has 0 heterocycles. The van der Waals surface area contributed by atoms with Crippen molar-refractivity contribution in [2.24, 2.45) is 0 Å². The third-order valence-corrected chi connectivity index (χ3v) is 5.02. The van der Waals surface area contributed by atoms with E-state index in [1.165, 1.54) is 6.07 Å². The van der Waals surface area contributed by atoms with Crippen LogP contribution in [0.4, 0.5) is 0 Å². The standard InChI is InChI=1S/C26H20O5/c1-30-21-13-11-17(12-14-21)24(28)25(18-7-3-2-4-8-18)31-26(29)22-15-19-9-5-6-10-20(19)16-23(22)27/h2-16,25,27H,1H3/t25-/m0/s1. The molecule has 0 radical (unpaired) electrons. The molecule has 0 aliphatic heterocycles. The van der Waals surface area contributed by atoms with Gasteiger partial charge in [0.05, 0.1) is 7.11 Å². The van der Waals surface area contributed by atoms with Gasteiger partial charge >= 0.3 is 5.97 Å². The summed E-state index contributed by atoms with van der Waals surface area (Å²) in [5, 5.41) is 12.0. The molecule has 0 saturated carbocycles. The first-order valence-electron chi connectivity index (χ1n) is 9.73. The van der Waals surface area contributed by atoms with Crippen LogP contribution in [-0.2, 0) is 4.74 Å². The van der Waals surface area contributed by atoms with E-state index in [2.05, 4.69) is 0 Å². The SMILES string of the molecule is COc1ccc(C(=O)[C@@H](OC(=O)c2cc3ccccc3cc2O)c2ccccc2)cc1. The molecule has 0 saturated heterocycles. The maximum Gasteiger partial charge on any atom is 0.343 e. The lowest BCUT2D eigenvalue weighted by Gasteiger charge is -2.18. The zero-order chi connectivity index (χ0) is 21.8. The number of ketones is 1. The number of ether oxygens (including phenoxy) is 2. The molecule has 154 valence electrons. The van der Waals surface area contributed by atoms with Crippen molar-refractivity contribution in [2.75, 3.05) is 7.11 Å². The highest BCUT2D eigenvalue weighted by Gasteiger charge is 2.28. The number of benzene rings is 4. The molecule has 0 unspecified atom stereocenters. The molecule has 0 aliphatic rings. The molecule has 5 heteroatoms. The highest BCUT2D eigenvalue weighted by Crippen LogP contribution is 2.29. The van der Waals surface area contributed by atoms with Crippen molar-refractivity contribution in [3.05, 3.63) is 108 Å². The number of Topliss-reactive ketones (excluding diaryl/α,β-unsaturated/α-hetero) is 1. The molecule has 31 heavy (non-hydrogen) atoms. The van der Waals surface area contributed by atoms with E-state index in [1.54, 1.807) is 61.7 Å². The number of rotatable bonds is 6. The van der Waals surface area contributed by atoms with Crippen LogP contribution in [-0.4, -0.2) is 24.0 Å². The topological polar surface area (TPSA) is 72.8 Å². The Morgan fingerprint density at radius 1 is 0.806 bits per heavy atom. The minimum Gasteiger partial charge on any atom is -0.507 e. The Morgan fingerprint density at radius 2 is 1.42 bits per heavy atom. The Morgan fingerprint density at radius 3 is 2.06 bits per heavy atom. The summed E-state index contributed by atoms with van der Waals surface area (Å²) in [5.74, 6) is -0.736. The van der Waals surface area contributed by atoms with Crippen molar-refractivity contribution in [2.45, 2.75) is 6.10 Å². The van der Waals surface area contributed by atoms with Crippen molar-refractivity contribution in [3.63, 3.8) is 0 Å². The van der Waals surface area contributed by atoms with Crippen LogP contribution in [0.2, 0.25) is 0 Å². The van der Waals surface area contributed by atoms with E-state index in [1.807, 2.05) is 30.3 Å². The third kappa shape index (κ3) is 4.26. The molecule has 4 aromatic carbocycles. The van der Waals surface area contributed by atoms with E-state index in [-0.39, 0.29) is 17.1 Å². The summed E-state index contributed by atoms with van der Waals surface area (Å²) >= 11 is 0. The molecule has 5 nitrogen and oxygen atoms in total. The molecule has 0 amide bonds. The number of carbonyl (C=O) groups excluding carboxylic acids is 2. The molecule has 4 aromatic rings. The fraction of sp³-hybridized carbons (Fsp3) is 0.0769. The van der Waals surface area contributed by atoms with Gasteiger partial charge in [-0.25, -0.2) is 4.79 Å². The first kappa shape index (κ1) is 20.2. The van der Waals surface area contributed by atoms with Gasteiger partial charge in [0, 0.05) is 11.1 Å². The first-order chi connectivity index (χ1) is 15.1. The lowest BCUT2D eigenvalue weighted by atomic mass is 9.99. The molecule has 4 rings (SSSR count). The predicted octanol–water partition coefficient (Wildman–Crippen LogP) is 5.34. The fourth-order valence-corrected chi connectivity index (χ4v) is 3.37. The fourth-order valence-electron chi connectivity index (χ4n) is 3.37. The van der Waals surface area contributed by atoms with Crippen molar-refractivity contribution in [1.82, 2.24) is 0 Å². The van der Waals surface area contributed by atoms with Crippen LogP contribution in [0.25, 0.3) is 10.8 Å². The molecule has 0 aliphatic carbocycles. The van der Waals surface area contributed by atoms with Crippen LogP contribution in [0.15, 0.2) is 91.0 Å². The Kier molecular flexibility index (Phi) is 5.67. The summed E-state index contributed by atoms with van der Waals surface area (Å²) in [4.78, 5) is 26.2. The van der Waals surface area contributed by atoms with Crippen LogP contribution < -0.4 is 4.74 Å². The van der Waals surface area contributed by atoms with Gasteiger partial charge in [0.1, 0.15) is 17.1 Å². The van der Waals surface area contributed by atoms with Crippen LogP contribution in [0.3, 0.4) is 0 Å². The summed E-state index contributed by atoms with van der Waals surface area (Å²) in [6, 6.07) is 25.8. The van der Waals surface area contributed by atoms with E-state index in [9.17, 15) is 14.7 Å². The zero-order valence-corrected chi connectivity index (χ0v) is 16.8. The van der Waals surface area contributed by atoms with E-state index in [4.69, 9.17) is 9.47 Å². The maximum absolute atomic E-state index is 13.2. The average Bonchev–Trinajstić information content (AvgIpc) is 2.82. The van der Waals surface area contributed by atoms with Crippen LogP contribution in [0.5, 0.6) is 11.5 Å². The first-order valence-corrected chi connectivity index (χ1v) is 9.73. The number of phenolic OH excluding ortho intramolecular Hbond substituents is 1. The Bertz CT molecular complexity index is 1230. The third-order valence-electron chi connectivity index (χ3n) is 5.02. The van der Waals surface area contributed by atoms with Gasteiger partial charge in [0.15, 0.2) is 6.10 Å². The summed E-state index contributed by atoms with van der Waals surface area (Å²) in [5.41, 5.74) is 0.921. The van der Waals surface area contributed by atoms with E-state index in [0.29, 0.717) is 16.9 Å². The number of esters is 1. The maximum atomic E-state index is 13.2. The summed E-state index contributed by atoms with van der Waals surface area (Å²) < 4.78 is 10.8. The van der Waals surface area contributed by atoms with Gasteiger partial charge in [0.2, 0.25) is 5.78 Å². The number of carbonyl (C=O) groups is 2. The molecule has 0 fully saturated rings. The van der Waals surface area contributed by atoms with Gasteiger partial charge in [0.25, 0.3) is 0 Å². The van der Waals surface area contributed by atoms with Gasteiger partial charge in [-0.1, -0.05) is 54.6 Å². The van der Waals surface area contributed by atoms with E-state index < -0.39 is 12.1 Å². The van der Waals surface area contributed by atoms with E-state index in [0.717, 1.165) is 10.8 Å². The second-order valence-electron chi connectivity index (χ2n) is 7.01. The smallest absolute Gasteiger partial charge is 0.343 e. The molecule has 1 atom stereocenters. The predicted molar refractivity (Wildman–Crippen MR) is 118 cm³/mol. The highest BCUT2D eigenvalue weighted by atomic mass is 16.5. The summed E-state index contributed by atoms with van der Waals surface area (Å²) in [6.45, 7) is 0. The van der Waals surface area contributed by atoms with Crippen molar-refractivity contribution in [1.29, 1.82) is 0 Å². The molecule has 0 spiro atoms. The molecule has 0 aromatic heterocycles. The van der Waals surface area contributed by atoms with Crippen molar-refractivity contribution < 1.29 is 24.2 Å². The van der Waals surface area contributed by atoms with E-state index >= 15 is 0 Å². The number of aromatic hydroxyl groups is 1. The number of phenols is 1. The summed E-state index contributed by atoms with van der Waals surface area (Å²) in [6.07, 6.45) is -1.16. The lowest BCUT2D eigenvalue weighted by molar-refractivity contribution is 0.0277. The minimum atomic E-state index is -1.16. The number of hydrogen-bond donors (Lipinski definition) is 1. The van der Waals surface area contributed by atoms with Gasteiger partial charge in [-0.15, -0.1) is 0 Å². The second kappa shape index (κ2) is 8.71. The number of methoxy groups -OCH3 is 1. The monoisotopic (exact) mass is 412 g/mol. The Hall–Kier alpha value is -4.12. The zero-order valence-electron chi connectivity index (χ0n) is 16.8. The van der Waals surface area contributed by atoms with Gasteiger partial charge in [-0.2, -0.15) is 0 Å². The summed E-state index contributed by atoms with van der Waals surface area (Å²) in [7, 11) is 1.54.